The summed E-state index contributed by atoms with van der Waals surface area (Å²) in [5, 5.41) is 1.55. The van der Waals surface area contributed by atoms with Crippen LogP contribution >= 0.6 is 0 Å². The van der Waals surface area contributed by atoms with E-state index < -0.39 is 0 Å². The number of benzene rings is 2. The zero-order chi connectivity index (χ0) is 11.5. The van der Waals surface area contributed by atoms with Crippen LogP contribution < -0.4 is 0 Å². The van der Waals surface area contributed by atoms with Crippen LogP contribution in [0.25, 0.3) is 5.20 Å². The molecule has 17 heavy (non-hydrogen) atoms. The monoisotopic (exact) mass is 234 g/mol. The minimum atomic E-state index is 0.891. The molecule has 0 atom stereocenters. The Balaban J connectivity index is 1.72. The van der Waals surface area contributed by atoms with Crippen LogP contribution in [-0.2, 0) is 12.5 Å². The zero-order valence-corrected chi connectivity index (χ0v) is 10.7. The summed E-state index contributed by atoms with van der Waals surface area (Å²) in [6, 6.07) is 20.7. The van der Waals surface area contributed by atoms with Gasteiger partial charge in [-0.3, -0.25) is 0 Å². The Morgan fingerprint density at radius 1 is 0.882 bits per heavy atom. The molecule has 1 aliphatic carbocycles. The molecule has 0 bridgehead atoms. The third kappa shape index (κ3) is 2.24. The van der Waals surface area contributed by atoms with E-state index in [-0.39, 0.29) is 0 Å². The van der Waals surface area contributed by atoms with Crippen LogP contribution in [0.5, 0.6) is 0 Å². The van der Waals surface area contributed by atoms with Crippen molar-refractivity contribution in [3.8, 4) is 0 Å². The van der Waals surface area contributed by atoms with Crippen molar-refractivity contribution in [1.82, 2.24) is 0 Å². The number of hydrogen-bond acceptors (Lipinski definition) is 0. The van der Waals surface area contributed by atoms with Crippen LogP contribution in [0, 0.1) is 0 Å². The SMILES string of the molecule is C1=C([Si]Cc2ccccc2)c2ccccc2C1. The second-order valence-corrected chi connectivity index (χ2v) is 5.56. The molecule has 0 saturated carbocycles. The molecule has 0 amide bonds. The zero-order valence-electron chi connectivity index (χ0n) is 9.69. The Bertz CT molecular complexity index is 540. The van der Waals surface area contributed by atoms with Crippen molar-refractivity contribution in [2.24, 2.45) is 0 Å². The lowest BCUT2D eigenvalue weighted by Gasteiger charge is -2.04. The number of allylic oxidation sites excluding steroid dienone is 1. The van der Waals surface area contributed by atoms with Crippen molar-refractivity contribution in [3.05, 3.63) is 77.4 Å². The summed E-state index contributed by atoms with van der Waals surface area (Å²) in [5.74, 6) is 0. The van der Waals surface area contributed by atoms with E-state index in [9.17, 15) is 0 Å². The van der Waals surface area contributed by atoms with E-state index in [2.05, 4.69) is 60.7 Å². The van der Waals surface area contributed by atoms with Gasteiger partial charge in [0, 0.05) is 0 Å². The van der Waals surface area contributed by atoms with Crippen LogP contribution in [-0.4, -0.2) is 9.52 Å². The van der Waals surface area contributed by atoms with Gasteiger partial charge in [0.1, 0.15) is 0 Å². The molecule has 1 aliphatic rings. The smallest absolute Gasteiger partial charge is 0.0808 e. The minimum absolute atomic E-state index is 0.891. The van der Waals surface area contributed by atoms with Crippen molar-refractivity contribution in [3.63, 3.8) is 0 Å². The average Bonchev–Trinajstić information content (AvgIpc) is 2.81. The number of rotatable bonds is 3. The summed E-state index contributed by atoms with van der Waals surface area (Å²) >= 11 is 0. The molecule has 0 spiro atoms. The van der Waals surface area contributed by atoms with Crippen LogP contribution in [0.2, 0.25) is 0 Å². The van der Waals surface area contributed by atoms with E-state index in [0.717, 1.165) is 15.9 Å². The fraction of sp³-hybridized carbons (Fsp3) is 0.125. The highest BCUT2D eigenvalue weighted by atomic mass is 28.2. The maximum absolute atomic E-state index is 2.39. The molecular formula is C16H14Si. The Morgan fingerprint density at radius 3 is 2.53 bits per heavy atom. The molecule has 82 valence electrons. The van der Waals surface area contributed by atoms with Crippen molar-refractivity contribution >= 4 is 14.7 Å². The van der Waals surface area contributed by atoms with Gasteiger partial charge in [-0.25, -0.2) is 0 Å². The Kier molecular flexibility index (Phi) is 2.93. The van der Waals surface area contributed by atoms with Gasteiger partial charge in [-0.05, 0) is 23.6 Å². The molecule has 0 unspecified atom stereocenters. The van der Waals surface area contributed by atoms with Gasteiger partial charge in [-0.15, -0.1) is 0 Å². The van der Waals surface area contributed by atoms with Crippen LogP contribution in [0.1, 0.15) is 16.7 Å². The maximum Gasteiger partial charge on any atom is 0.0859 e. The highest BCUT2D eigenvalue weighted by molar-refractivity contribution is 6.60. The second kappa shape index (κ2) is 4.72. The van der Waals surface area contributed by atoms with E-state index in [1.165, 1.54) is 22.7 Å². The lowest BCUT2D eigenvalue weighted by Crippen LogP contribution is -1.99. The molecule has 2 radical (unpaired) electrons. The van der Waals surface area contributed by atoms with Crippen LogP contribution in [0.15, 0.2) is 60.7 Å². The number of fused-ring (bicyclic) bond motifs is 1. The van der Waals surface area contributed by atoms with E-state index in [1.54, 1.807) is 5.20 Å². The first-order chi connectivity index (χ1) is 8.43. The molecular weight excluding hydrogens is 220 g/mol. The lowest BCUT2D eigenvalue weighted by atomic mass is 10.1. The summed E-state index contributed by atoms with van der Waals surface area (Å²) in [6.07, 6.45) is 3.51. The lowest BCUT2D eigenvalue weighted by molar-refractivity contribution is 1.31. The van der Waals surface area contributed by atoms with Gasteiger partial charge in [0.25, 0.3) is 0 Å². The largest absolute Gasteiger partial charge is 0.0859 e. The molecule has 2 aromatic rings. The maximum atomic E-state index is 2.39. The Labute approximate surface area is 105 Å². The van der Waals surface area contributed by atoms with Crippen molar-refractivity contribution < 1.29 is 0 Å². The Hall–Kier alpha value is -1.60. The quantitative estimate of drug-likeness (QED) is 0.713. The van der Waals surface area contributed by atoms with E-state index in [0.29, 0.717) is 0 Å². The highest BCUT2D eigenvalue weighted by Gasteiger charge is 2.12. The molecule has 3 rings (SSSR count). The standard InChI is InChI=1S/C16H14Si/c1-2-6-13(7-3-1)12-17-16-11-10-14-8-4-5-9-15(14)16/h1-9,11H,10,12H2. The summed E-state index contributed by atoms with van der Waals surface area (Å²) in [6.45, 7) is 0. The van der Waals surface area contributed by atoms with E-state index in [1.807, 2.05) is 0 Å². The van der Waals surface area contributed by atoms with Crippen molar-refractivity contribution in [1.29, 1.82) is 0 Å². The number of hydrogen-bond donors (Lipinski definition) is 0. The molecule has 1 heteroatoms. The molecule has 0 aromatic heterocycles. The minimum Gasteiger partial charge on any atom is -0.0808 e. The van der Waals surface area contributed by atoms with Gasteiger partial charge in [0.2, 0.25) is 0 Å². The third-order valence-electron chi connectivity index (χ3n) is 3.16. The molecule has 2 aromatic carbocycles. The molecule has 0 fully saturated rings. The highest BCUT2D eigenvalue weighted by Crippen LogP contribution is 2.26. The van der Waals surface area contributed by atoms with Gasteiger partial charge in [0.05, 0.1) is 9.52 Å². The first-order valence-electron chi connectivity index (χ1n) is 6.00. The summed E-state index contributed by atoms with van der Waals surface area (Å²) in [5.41, 5.74) is 4.40. The third-order valence-corrected chi connectivity index (χ3v) is 4.60. The summed E-state index contributed by atoms with van der Waals surface area (Å²) < 4.78 is 0. The topological polar surface area (TPSA) is 0 Å². The van der Waals surface area contributed by atoms with Crippen LogP contribution in [0.4, 0.5) is 0 Å². The first kappa shape index (κ1) is 10.5. The molecule has 0 aliphatic heterocycles. The molecule has 0 heterocycles. The molecule has 0 saturated heterocycles. The fourth-order valence-corrected chi connectivity index (χ4v) is 3.55. The normalized spacial score (nSPS) is 13.3. The average molecular weight is 234 g/mol. The summed E-state index contributed by atoms with van der Waals surface area (Å²) in [7, 11) is 0.891. The van der Waals surface area contributed by atoms with Gasteiger partial charge in [-0.1, -0.05) is 71.4 Å². The van der Waals surface area contributed by atoms with E-state index in [4.69, 9.17) is 0 Å². The van der Waals surface area contributed by atoms with Crippen LogP contribution in [0.3, 0.4) is 0 Å². The van der Waals surface area contributed by atoms with Crippen molar-refractivity contribution in [2.45, 2.75) is 12.5 Å². The van der Waals surface area contributed by atoms with E-state index >= 15 is 0 Å². The predicted octanol–water partition coefficient (Wildman–Crippen LogP) is 3.49. The fourth-order valence-electron chi connectivity index (χ4n) is 2.24. The predicted molar refractivity (Wildman–Crippen MR) is 74.0 cm³/mol. The Morgan fingerprint density at radius 2 is 1.65 bits per heavy atom. The van der Waals surface area contributed by atoms with Crippen molar-refractivity contribution in [2.75, 3.05) is 0 Å². The first-order valence-corrected chi connectivity index (χ1v) is 7.20. The molecule has 0 nitrogen and oxygen atoms in total. The van der Waals surface area contributed by atoms with Gasteiger partial charge >= 0.3 is 0 Å². The summed E-state index contributed by atoms with van der Waals surface area (Å²) in [4.78, 5) is 0. The second-order valence-electron chi connectivity index (χ2n) is 4.32. The van der Waals surface area contributed by atoms with Gasteiger partial charge in [0.15, 0.2) is 0 Å². The van der Waals surface area contributed by atoms with Gasteiger partial charge < -0.3 is 0 Å². The molecule has 0 N–H and O–H groups in total. The van der Waals surface area contributed by atoms with Gasteiger partial charge in [-0.2, -0.15) is 0 Å².